The van der Waals surface area contributed by atoms with Crippen molar-refractivity contribution < 1.29 is 19.1 Å². The molecule has 2 rings (SSSR count). The summed E-state index contributed by atoms with van der Waals surface area (Å²) in [6.45, 7) is 3.36. The number of hydrogen-bond acceptors (Lipinski definition) is 6. The molecule has 20 heavy (non-hydrogen) atoms. The first-order valence-corrected chi connectivity index (χ1v) is 8.72. The average Bonchev–Trinajstić information content (AvgIpc) is 2.69. The van der Waals surface area contributed by atoms with Crippen LogP contribution in [0.3, 0.4) is 0 Å². The van der Waals surface area contributed by atoms with Crippen LogP contribution in [0, 0.1) is 11.8 Å². The second-order valence-electron chi connectivity index (χ2n) is 5.98. The molecule has 0 aromatic heterocycles. The Morgan fingerprint density at radius 1 is 1.55 bits per heavy atom. The largest absolute Gasteiger partial charge is 0.366 e. The van der Waals surface area contributed by atoms with Gasteiger partial charge in [-0.2, -0.15) is 0 Å². The zero-order valence-corrected chi connectivity index (χ0v) is 12.6. The van der Waals surface area contributed by atoms with Gasteiger partial charge < -0.3 is 25.6 Å². The molecule has 0 aliphatic carbocycles. The predicted octanol–water partition coefficient (Wildman–Crippen LogP) is -1.01. The summed E-state index contributed by atoms with van der Waals surface area (Å²) in [5.41, 5.74) is 6.01. The van der Waals surface area contributed by atoms with Gasteiger partial charge in [-0.25, -0.2) is 5.01 Å². The summed E-state index contributed by atoms with van der Waals surface area (Å²) >= 11 is 0. The lowest BCUT2D eigenvalue weighted by atomic mass is 9.82. The fourth-order valence-electron chi connectivity index (χ4n) is 3.30. The molecule has 0 saturated carbocycles. The van der Waals surface area contributed by atoms with Crippen molar-refractivity contribution >= 4 is 7.60 Å². The Kier molecular flexibility index (Phi) is 5.20. The standard InChI is InChI=1S/C11H25N4O4P/c1-7(19-6-20(16,17)18)2-8-4-14-11-10(8)3-9(12)5-15(11)13/h7-11,14H,2-6,12-13H2,1H3,(H2,16,17,18)/t7-,8?,9?,10?,11?/m1/s1. The second-order valence-corrected chi connectivity index (χ2v) is 7.56. The van der Waals surface area contributed by atoms with Crippen LogP contribution in [0.4, 0.5) is 0 Å². The number of nitrogens with one attached hydrogen (secondary N) is 1. The first-order chi connectivity index (χ1) is 9.26. The lowest BCUT2D eigenvalue weighted by Gasteiger charge is -2.39. The number of hydrogen-bond donors (Lipinski definition) is 5. The quantitative estimate of drug-likeness (QED) is 0.322. The van der Waals surface area contributed by atoms with Gasteiger partial charge in [0.05, 0.1) is 12.3 Å². The molecule has 0 spiro atoms. The molecule has 5 atom stereocenters. The molecule has 2 fully saturated rings. The smallest absolute Gasteiger partial charge is 0.350 e. The Balaban J connectivity index is 1.85. The molecule has 2 saturated heterocycles. The minimum atomic E-state index is -4.10. The Bertz CT molecular complexity index is 379. The van der Waals surface area contributed by atoms with Crippen molar-refractivity contribution in [2.45, 2.75) is 38.1 Å². The molecule has 2 heterocycles. The third kappa shape index (κ3) is 4.22. The highest BCUT2D eigenvalue weighted by Crippen LogP contribution is 2.37. The van der Waals surface area contributed by atoms with Gasteiger partial charge in [0.1, 0.15) is 6.35 Å². The molecular formula is C11H25N4O4P. The van der Waals surface area contributed by atoms with E-state index in [1.807, 2.05) is 6.92 Å². The molecule has 7 N–H and O–H groups in total. The fraction of sp³-hybridized carbons (Fsp3) is 1.00. The second kappa shape index (κ2) is 6.37. The first kappa shape index (κ1) is 16.3. The van der Waals surface area contributed by atoms with E-state index in [4.69, 9.17) is 26.1 Å². The monoisotopic (exact) mass is 308 g/mol. The summed E-state index contributed by atoms with van der Waals surface area (Å²) in [4.78, 5) is 17.6. The van der Waals surface area contributed by atoms with Crippen LogP contribution in [-0.2, 0) is 9.30 Å². The van der Waals surface area contributed by atoms with Crippen LogP contribution in [0.25, 0.3) is 0 Å². The Morgan fingerprint density at radius 3 is 2.90 bits per heavy atom. The molecule has 0 bridgehead atoms. The summed E-state index contributed by atoms with van der Waals surface area (Å²) in [5, 5.41) is 5.16. The van der Waals surface area contributed by atoms with Gasteiger partial charge in [0.15, 0.2) is 0 Å². The molecule has 0 aromatic carbocycles. The molecule has 9 heteroatoms. The van der Waals surface area contributed by atoms with Crippen LogP contribution in [0.15, 0.2) is 0 Å². The van der Waals surface area contributed by atoms with E-state index in [-0.39, 0.29) is 18.3 Å². The van der Waals surface area contributed by atoms with Gasteiger partial charge >= 0.3 is 7.60 Å². The number of piperidine rings is 1. The molecule has 8 nitrogen and oxygen atoms in total. The molecule has 2 aliphatic rings. The maximum absolute atomic E-state index is 10.8. The van der Waals surface area contributed by atoms with E-state index in [0.29, 0.717) is 18.4 Å². The van der Waals surface area contributed by atoms with Gasteiger partial charge in [-0.05, 0) is 38.1 Å². The third-order valence-electron chi connectivity index (χ3n) is 4.14. The number of rotatable bonds is 5. The number of nitrogens with zero attached hydrogens (tertiary/aromatic N) is 1. The van der Waals surface area contributed by atoms with Crippen molar-refractivity contribution in [1.82, 2.24) is 10.3 Å². The summed E-state index contributed by atoms with van der Waals surface area (Å²) in [7, 11) is -4.10. The highest BCUT2D eigenvalue weighted by atomic mass is 31.2. The molecular weight excluding hydrogens is 283 g/mol. The van der Waals surface area contributed by atoms with Crippen LogP contribution in [0.5, 0.6) is 0 Å². The highest BCUT2D eigenvalue weighted by Gasteiger charge is 2.43. The molecule has 118 valence electrons. The average molecular weight is 308 g/mol. The Morgan fingerprint density at radius 2 is 2.25 bits per heavy atom. The van der Waals surface area contributed by atoms with Crippen molar-refractivity contribution in [1.29, 1.82) is 0 Å². The SMILES string of the molecule is C[C@H](CC1CNC2C1CC(N)CN2N)OCP(=O)(O)O. The Labute approximate surface area is 119 Å². The summed E-state index contributed by atoms with van der Waals surface area (Å²) in [6.07, 6.45) is 1.09. The minimum absolute atomic E-state index is 0.0787. The van der Waals surface area contributed by atoms with E-state index in [1.54, 1.807) is 5.01 Å². The van der Waals surface area contributed by atoms with Gasteiger partial charge in [0.2, 0.25) is 0 Å². The normalized spacial score (nSPS) is 36.9. The summed E-state index contributed by atoms with van der Waals surface area (Å²) in [6, 6.07) is 0.0787. The van der Waals surface area contributed by atoms with Crippen molar-refractivity contribution in [2.24, 2.45) is 23.4 Å². The van der Waals surface area contributed by atoms with Gasteiger partial charge in [-0.1, -0.05) is 0 Å². The maximum atomic E-state index is 10.8. The first-order valence-electron chi connectivity index (χ1n) is 6.92. The van der Waals surface area contributed by atoms with E-state index in [0.717, 1.165) is 19.4 Å². The lowest BCUT2D eigenvalue weighted by Crippen LogP contribution is -2.59. The number of hydrazine groups is 1. The van der Waals surface area contributed by atoms with Crippen molar-refractivity contribution in [2.75, 3.05) is 19.4 Å². The van der Waals surface area contributed by atoms with Gasteiger partial charge in [-0.15, -0.1) is 0 Å². The van der Waals surface area contributed by atoms with Gasteiger partial charge in [-0.3, -0.25) is 10.4 Å². The van der Waals surface area contributed by atoms with Crippen molar-refractivity contribution in [3.63, 3.8) is 0 Å². The maximum Gasteiger partial charge on any atom is 0.350 e. The van der Waals surface area contributed by atoms with Crippen LogP contribution in [0.2, 0.25) is 0 Å². The van der Waals surface area contributed by atoms with Crippen LogP contribution >= 0.6 is 7.60 Å². The van der Waals surface area contributed by atoms with Crippen molar-refractivity contribution in [3.05, 3.63) is 0 Å². The van der Waals surface area contributed by atoms with E-state index in [1.165, 1.54) is 0 Å². The predicted molar refractivity (Wildman–Crippen MR) is 74.3 cm³/mol. The zero-order valence-electron chi connectivity index (χ0n) is 11.7. The summed E-state index contributed by atoms with van der Waals surface area (Å²) in [5.74, 6) is 6.71. The van der Waals surface area contributed by atoms with Crippen molar-refractivity contribution in [3.8, 4) is 0 Å². The van der Waals surface area contributed by atoms with E-state index in [9.17, 15) is 4.57 Å². The van der Waals surface area contributed by atoms with E-state index in [2.05, 4.69) is 5.32 Å². The lowest BCUT2D eigenvalue weighted by molar-refractivity contribution is 0.0409. The molecule has 0 radical (unpaired) electrons. The van der Waals surface area contributed by atoms with E-state index >= 15 is 0 Å². The van der Waals surface area contributed by atoms with Crippen LogP contribution in [0.1, 0.15) is 19.8 Å². The molecule has 0 aromatic rings. The van der Waals surface area contributed by atoms with Gasteiger partial charge in [0, 0.05) is 12.6 Å². The molecule has 2 aliphatic heterocycles. The third-order valence-corrected chi connectivity index (χ3v) is 4.63. The van der Waals surface area contributed by atoms with Gasteiger partial charge in [0.25, 0.3) is 0 Å². The molecule has 0 amide bonds. The number of nitrogens with two attached hydrogens (primary N) is 2. The Hall–Kier alpha value is -0.0500. The summed E-state index contributed by atoms with van der Waals surface area (Å²) < 4.78 is 16.0. The fourth-order valence-corrected chi connectivity index (χ4v) is 3.75. The zero-order chi connectivity index (χ0) is 14.9. The molecule has 4 unspecified atom stereocenters. The minimum Gasteiger partial charge on any atom is -0.366 e. The number of ether oxygens (including phenoxy) is 1. The number of fused-ring (bicyclic) bond motifs is 1. The van der Waals surface area contributed by atoms with E-state index < -0.39 is 13.9 Å². The van der Waals surface area contributed by atoms with Crippen LogP contribution in [-0.4, -0.2) is 52.5 Å². The topological polar surface area (TPSA) is 134 Å². The van der Waals surface area contributed by atoms with Crippen LogP contribution < -0.4 is 16.9 Å². The highest BCUT2D eigenvalue weighted by molar-refractivity contribution is 7.51.